The third-order valence-corrected chi connectivity index (χ3v) is 3.45. The van der Waals surface area contributed by atoms with Crippen LogP contribution in [0.5, 0.6) is 5.75 Å². The lowest BCUT2D eigenvalue weighted by molar-refractivity contribution is -0.122. The number of rotatable bonds is 2. The number of ether oxygens (including phenoxy) is 1. The molecule has 0 saturated heterocycles. The molecule has 0 fully saturated rings. The maximum atomic E-state index is 12.5. The Morgan fingerprint density at radius 3 is 2.70 bits per heavy atom. The first-order valence-corrected chi connectivity index (χ1v) is 7.00. The van der Waals surface area contributed by atoms with Gasteiger partial charge in [0.1, 0.15) is 0 Å². The molecule has 0 bridgehead atoms. The van der Waals surface area contributed by atoms with Crippen molar-refractivity contribution >= 4 is 23.2 Å². The lowest BCUT2D eigenvalue weighted by Gasteiger charge is -2.25. The predicted octanol–water partition coefficient (Wildman–Crippen LogP) is 2.53. The number of nitrogens with zero attached hydrogens (tertiary/aromatic N) is 1. The molecule has 3 rings (SSSR count). The van der Waals surface area contributed by atoms with E-state index in [0.29, 0.717) is 28.3 Å². The van der Waals surface area contributed by atoms with Crippen molar-refractivity contribution in [1.29, 1.82) is 5.26 Å². The molecular formula is C17H13N3O3. The SMILES string of the molecule is CC1Oc2c(cccc2C(=O)Nc2ccc(C#N)cc2)NC1=O. The highest BCUT2D eigenvalue weighted by atomic mass is 16.5. The molecule has 114 valence electrons. The minimum atomic E-state index is -0.661. The van der Waals surface area contributed by atoms with Crippen molar-refractivity contribution in [2.45, 2.75) is 13.0 Å². The summed E-state index contributed by atoms with van der Waals surface area (Å²) in [7, 11) is 0. The standard InChI is InChI=1S/C17H13N3O3/c1-10-16(21)20-14-4-2-3-13(15(14)23-10)17(22)19-12-7-5-11(9-18)6-8-12/h2-8,10H,1H3,(H,19,22)(H,20,21). The fourth-order valence-corrected chi connectivity index (χ4v) is 2.23. The summed E-state index contributed by atoms with van der Waals surface area (Å²) in [5.74, 6) is -0.247. The highest BCUT2D eigenvalue weighted by Gasteiger charge is 2.27. The number of amides is 2. The maximum absolute atomic E-state index is 12.5. The summed E-state index contributed by atoms with van der Waals surface area (Å²) in [5, 5.41) is 14.2. The average molecular weight is 307 g/mol. The van der Waals surface area contributed by atoms with Gasteiger partial charge in [-0.3, -0.25) is 9.59 Å². The van der Waals surface area contributed by atoms with E-state index in [4.69, 9.17) is 10.00 Å². The minimum absolute atomic E-state index is 0.248. The van der Waals surface area contributed by atoms with Gasteiger partial charge in [-0.05, 0) is 43.3 Å². The van der Waals surface area contributed by atoms with Gasteiger partial charge in [0.2, 0.25) is 0 Å². The van der Waals surface area contributed by atoms with E-state index in [1.165, 1.54) is 0 Å². The lowest BCUT2D eigenvalue weighted by atomic mass is 10.1. The molecule has 1 aliphatic heterocycles. The Kier molecular flexibility index (Phi) is 3.69. The van der Waals surface area contributed by atoms with Crippen LogP contribution in [0.2, 0.25) is 0 Å². The molecule has 0 aliphatic carbocycles. The van der Waals surface area contributed by atoms with Crippen LogP contribution in [0.15, 0.2) is 42.5 Å². The van der Waals surface area contributed by atoms with Crippen LogP contribution in [0.25, 0.3) is 0 Å². The zero-order chi connectivity index (χ0) is 16.4. The molecule has 1 atom stereocenters. The fourth-order valence-electron chi connectivity index (χ4n) is 2.23. The normalized spacial score (nSPS) is 15.7. The lowest BCUT2D eigenvalue weighted by Crippen LogP contribution is -2.35. The van der Waals surface area contributed by atoms with Crippen LogP contribution in [0.1, 0.15) is 22.8 Å². The Morgan fingerprint density at radius 2 is 2.00 bits per heavy atom. The van der Waals surface area contributed by atoms with Gasteiger partial charge in [0.25, 0.3) is 11.8 Å². The number of carbonyl (C=O) groups excluding carboxylic acids is 2. The number of benzene rings is 2. The highest BCUT2D eigenvalue weighted by molar-refractivity contribution is 6.09. The number of hydrogen-bond acceptors (Lipinski definition) is 4. The molecule has 0 aromatic heterocycles. The van der Waals surface area contributed by atoms with Crippen molar-refractivity contribution in [3.63, 3.8) is 0 Å². The van der Waals surface area contributed by atoms with E-state index in [9.17, 15) is 9.59 Å². The van der Waals surface area contributed by atoms with Gasteiger partial charge in [0.05, 0.1) is 22.9 Å². The topological polar surface area (TPSA) is 91.2 Å². The van der Waals surface area contributed by atoms with Gasteiger partial charge in [0, 0.05) is 5.69 Å². The Balaban J connectivity index is 1.87. The van der Waals surface area contributed by atoms with E-state index >= 15 is 0 Å². The second-order valence-electron chi connectivity index (χ2n) is 5.07. The summed E-state index contributed by atoms with van der Waals surface area (Å²) in [5.41, 5.74) is 1.89. The summed E-state index contributed by atoms with van der Waals surface area (Å²) < 4.78 is 5.55. The van der Waals surface area contributed by atoms with Gasteiger partial charge >= 0.3 is 0 Å². The smallest absolute Gasteiger partial charge is 0.265 e. The number of carbonyl (C=O) groups is 2. The molecule has 2 N–H and O–H groups in total. The van der Waals surface area contributed by atoms with Crippen LogP contribution in [-0.2, 0) is 4.79 Å². The Hall–Kier alpha value is -3.33. The van der Waals surface area contributed by atoms with E-state index in [1.54, 1.807) is 49.4 Å². The third kappa shape index (κ3) is 2.85. The maximum Gasteiger partial charge on any atom is 0.265 e. The number of fused-ring (bicyclic) bond motifs is 1. The number of nitrogens with one attached hydrogen (secondary N) is 2. The molecule has 1 unspecified atom stereocenters. The van der Waals surface area contributed by atoms with Crippen LogP contribution in [0.4, 0.5) is 11.4 Å². The van der Waals surface area contributed by atoms with Crippen LogP contribution in [0, 0.1) is 11.3 Å². The highest BCUT2D eigenvalue weighted by Crippen LogP contribution is 2.33. The second-order valence-corrected chi connectivity index (χ2v) is 5.07. The molecule has 1 heterocycles. The molecule has 2 aromatic carbocycles. The Labute approximate surface area is 132 Å². The molecule has 6 heteroatoms. The number of para-hydroxylation sites is 1. The molecule has 0 radical (unpaired) electrons. The van der Waals surface area contributed by atoms with Gasteiger partial charge in [-0.25, -0.2) is 0 Å². The van der Waals surface area contributed by atoms with Gasteiger partial charge in [-0.2, -0.15) is 5.26 Å². The van der Waals surface area contributed by atoms with Crippen LogP contribution >= 0.6 is 0 Å². The van der Waals surface area contributed by atoms with E-state index < -0.39 is 6.10 Å². The molecule has 2 aromatic rings. The molecule has 0 spiro atoms. The number of nitriles is 1. The Morgan fingerprint density at radius 1 is 1.26 bits per heavy atom. The van der Waals surface area contributed by atoms with Crippen LogP contribution in [0.3, 0.4) is 0 Å². The number of hydrogen-bond donors (Lipinski definition) is 2. The first-order valence-electron chi connectivity index (χ1n) is 7.00. The molecule has 0 saturated carbocycles. The zero-order valence-electron chi connectivity index (χ0n) is 12.3. The quantitative estimate of drug-likeness (QED) is 0.892. The van der Waals surface area contributed by atoms with E-state index in [1.807, 2.05) is 6.07 Å². The third-order valence-electron chi connectivity index (χ3n) is 3.45. The molecular weight excluding hydrogens is 294 g/mol. The number of anilines is 2. The van der Waals surface area contributed by atoms with Crippen molar-refractivity contribution in [2.24, 2.45) is 0 Å². The summed E-state index contributed by atoms with van der Waals surface area (Å²) in [6.45, 7) is 1.62. The van der Waals surface area contributed by atoms with Crippen molar-refractivity contribution in [2.75, 3.05) is 10.6 Å². The van der Waals surface area contributed by atoms with E-state index in [2.05, 4.69) is 10.6 Å². The largest absolute Gasteiger partial charge is 0.478 e. The summed E-state index contributed by atoms with van der Waals surface area (Å²) >= 11 is 0. The second kappa shape index (κ2) is 5.81. The molecule has 23 heavy (non-hydrogen) atoms. The first-order chi connectivity index (χ1) is 11.1. The molecule has 2 amide bonds. The van der Waals surface area contributed by atoms with Crippen LogP contribution < -0.4 is 15.4 Å². The van der Waals surface area contributed by atoms with Crippen molar-refractivity contribution in [3.05, 3.63) is 53.6 Å². The summed E-state index contributed by atoms with van der Waals surface area (Å²) in [6, 6.07) is 13.5. The van der Waals surface area contributed by atoms with Gasteiger partial charge in [0.15, 0.2) is 11.9 Å². The van der Waals surface area contributed by atoms with Gasteiger partial charge in [-0.15, -0.1) is 0 Å². The van der Waals surface area contributed by atoms with Gasteiger partial charge in [-0.1, -0.05) is 6.07 Å². The minimum Gasteiger partial charge on any atom is -0.478 e. The van der Waals surface area contributed by atoms with Gasteiger partial charge < -0.3 is 15.4 Å². The average Bonchev–Trinajstić information content (AvgIpc) is 2.56. The van der Waals surface area contributed by atoms with E-state index in [0.717, 1.165) is 0 Å². The van der Waals surface area contributed by atoms with Crippen LogP contribution in [-0.4, -0.2) is 17.9 Å². The van der Waals surface area contributed by atoms with Crippen molar-refractivity contribution < 1.29 is 14.3 Å². The predicted molar refractivity (Wildman–Crippen MR) is 84.3 cm³/mol. The van der Waals surface area contributed by atoms with Crippen molar-refractivity contribution in [3.8, 4) is 11.8 Å². The fraction of sp³-hybridized carbons (Fsp3) is 0.118. The monoisotopic (exact) mass is 307 g/mol. The summed E-state index contributed by atoms with van der Waals surface area (Å²) in [6.07, 6.45) is -0.661. The summed E-state index contributed by atoms with van der Waals surface area (Å²) in [4.78, 5) is 24.1. The molecule has 1 aliphatic rings. The zero-order valence-corrected chi connectivity index (χ0v) is 12.3. The van der Waals surface area contributed by atoms with Crippen molar-refractivity contribution in [1.82, 2.24) is 0 Å². The molecule has 6 nitrogen and oxygen atoms in total. The van der Waals surface area contributed by atoms with E-state index in [-0.39, 0.29) is 11.8 Å². The Bertz CT molecular complexity index is 822. The first kappa shape index (κ1) is 14.6.